The molecule has 0 aliphatic carbocycles. The molecule has 0 saturated heterocycles. The number of fused-ring (bicyclic) bond motifs is 1. The highest BCUT2D eigenvalue weighted by molar-refractivity contribution is 6.16. The van der Waals surface area contributed by atoms with Crippen LogP contribution in [-0.4, -0.2) is 32.5 Å². The largest absolute Gasteiger partial charge is 0.373 e. The van der Waals surface area contributed by atoms with Gasteiger partial charge < -0.3 is 5.32 Å². The highest BCUT2D eigenvalue weighted by Gasteiger charge is 2.28. The number of aliphatic imine (C=N–C) groups is 1. The summed E-state index contributed by atoms with van der Waals surface area (Å²) in [5.41, 5.74) is 4.04. The van der Waals surface area contributed by atoms with Crippen LogP contribution in [0.5, 0.6) is 0 Å². The Morgan fingerprint density at radius 1 is 1.00 bits per heavy atom. The second kappa shape index (κ2) is 6.37. The highest BCUT2D eigenvalue weighted by atomic mass is 15.6. The van der Waals surface area contributed by atoms with E-state index in [9.17, 15) is 0 Å². The van der Waals surface area contributed by atoms with Crippen molar-refractivity contribution in [2.75, 3.05) is 11.9 Å². The van der Waals surface area contributed by atoms with E-state index in [0.29, 0.717) is 6.54 Å². The van der Waals surface area contributed by atoms with Crippen molar-refractivity contribution in [1.82, 2.24) is 20.2 Å². The second-order valence-electron chi connectivity index (χ2n) is 7.42. The van der Waals surface area contributed by atoms with Gasteiger partial charge in [-0.1, -0.05) is 48.5 Å². The Balaban J connectivity index is 1.80. The van der Waals surface area contributed by atoms with Crippen LogP contribution in [-0.2, 0) is 5.54 Å². The van der Waals surface area contributed by atoms with E-state index in [1.54, 1.807) is 0 Å². The third kappa shape index (κ3) is 2.98. The monoisotopic (exact) mass is 346 g/mol. The maximum absolute atomic E-state index is 4.94. The molecule has 0 saturated carbocycles. The van der Waals surface area contributed by atoms with Crippen molar-refractivity contribution in [3.05, 3.63) is 71.5 Å². The number of anilines is 1. The van der Waals surface area contributed by atoms with Gasteiger partial charge in [-0.25, -0.2) is 4.68 Å². The molecule has 6 heteroatoms. The first-order valence-electron chi connectivity index (χ1n) is 8.78. The van der Waals surface area contributed by atoms with Gasteiger partial charge in [0.15, 0.2) is 5.82 Å². The molecule has 2 heterocycles. The molecule has 6 nitrogen and oxygen atoms in total. The summed E-state index contributed by atoms with van der Waals surface area (Å²) in [4.78, 5) is 4.94. The van der Waals surface area contributed by atoms with Crippen molar-refractivity contribution in [2.45, 2.75) is 32.4 Å². The van der Waals surface area contributed by atoms with E-state index in [4.69, 9.17) is 4.99 Å². The average molecular weight is 346 g/mol. The lowest BCUT2D eigenvalue weighted by Gasteiger charge is -2.23. The summed E-state index contributed by atoms with van der Waals surface area (Å²) in [6.07, 6.45) is 0. The van der Waals surface area contributed by atoms with Crippen LogP contribution in [0.4, 0.5) is 5.69 Å². The minimum atomic E-state index is -0.196. The molecule has 4 rings (SSSR count). The van der Waals surface area contributed by atoms with Gasteiger partial charge in [-0.15, -0.1) is 5.10 Å². The van der Waals surface area contributed by atoms with Gasteiger partial charge in [-0.05, 0) is 37.3 Å². The molecule has 3 aromatic rings. The number of hydrogen-bond donors (Lipinski definition) is 1. The van der Waals surface area contributed by atoms with Crippen molar-refractivity contribution in [1.29, 1.82) is 0 Å². The maximum atomic E-state index is 4.94. The molecule has 0 radical (unpaired) electrons. The Hall–Kier alpha value is -3.02. The summed E-state index contributed by atoms with van der Waals surface area (Å²) >= 11 is 0. The van der Waals surface area contributed by atoms with E-state index in [2.05, 4.69) is 65.9 Å². The fourth-order valence-electron chi connectivity index (χ4n) is 3.19. The summed E-state index contributed by atoms with van der Waals surface area (Å²) in [6.45, 7) is 6.85. The number of benzene rings is 2. The normalized spacial score (nSPS) is 17.0. The van der Waals surface area contributed by atoms with Crippen LogP contribution in [0.15, 0.2) is 59.6 Å². The van der Waals surface area contributed by atoms with Crippen LogP contribution in [0.3, 0.4) is 0 Å². The summed E-state index contributed by atoms with van der Waals surface area (Å²) in [6, 6.07) is 18.4. The zero-order valence-electron chi connectivity index (χ0n) is 15.2. The molecule has 0 bridgehead atoms. The highest BCUT2D eigenvalue weighted by Crippen LogP contribution is 2.29. The summed E-state index contributed by atoms with van der Waals surface area (Å²) in [5, 5.41) is 16.0. The predicted octanol–water partition coefficient (Wildman–Crippen LogP) is 3.43. The Morgan fingerprint density at radius 3 is 2.50 bits per heavy atom. The quantitative estimate of drug-likeness (QED) is 0.772. The molecule has 0 amide bonds. The van der Waals surface area contributed by atoms with E-state index in [1.165, 1.54) is 0 Å². The van der Waals surface area contributed by atoms with E-state index >= 15 is 0 Å². The summed E-state index contributed by atoms with van der Waals surface area (Å²) < 4.78 is 1.87. The molecule has 1 aliphatic rings. The molecule has 2 aromatic carbocycles. The Kier molecular flexibility index (Phi) is 4.03. The van der Waals surface area contributed by atoms with Crippen LogP contribution < -0.4 is 5.32 Å². The number of rotatable bonds is 2. The van der Waals surface area contributed by atoms with Crippen molar-refractivity contribution < 1.29 is 0 Å². The standard InChI is InChI=1S/C20H22N6/c1-20(2,3)26-19(23-24-25-26)17-13-21-18(14-9-5-4-6-10-14)15-11-7-8-12-16(15)22-17/h4-12,17,22H,13H2,1-3H3. The van der Waals surface area contributed by atoms with Crippen LogP contribution >= 0.6 is 0 Å². The van der Waals surface area contributed by atoms with Crippen molar-refractivity contribution in [3.63, 3.8) is 0 Å². The van der Waals surface area contributed by atoms with Gasteiger partial charge in [0, 0.05) is 16.8 Å². The SMILES string of the molecule is CC(C)(C)n1nnnc1C1CN=C(c2ccccc2)c2ccccc2N1. The molecule has 1 aliphatic heterocycles. The third-order valence-corrected chi connectivity index (χ3v) is 4.43. The van der Waals surface area contributed by atoms with Gasteiger partial charge in [-0.3, -0.25) is 4.99 Å². The van der Waals surface area contributed by atoms with E-state index in [0.717, 1.165) is 28.4 Å². The number of benzodiazepines with no additional fused rings is 1. The van der Waals surface area contributed by atoms with Gasteiger partial charge in [0.1, 0.15) is 6.04 Å². The topological polar surface area (TPSA) is 68.0 Å². The number of para-hydroxylation sites is 1. The average Bonchev–Trinajstić information content (AvgIpc) is 3.05. The van der Waals surface area contributed by atoms with Gasteiger partial charge in [-0.2, -0.15) is 0 Å². The van der Waals surface area contributed by atoms with E-state index in [1.807, 2.05) is 35.0 Å². The number of nitrogens with zero attached hydrogens (tertiary/aromatic N) is 5. The lowest BCUT2D eigenvalue weighted by atomic mass is 10.0. The Bertz CT molecular complexity index is 936. The second-order valence-corrected chi connectivity index (χ2v) is 7.42. The fourth-order valence-corrected chi connectivity index (χ4v) is 3.19. The van der Waals surface area contributed by atoms with Crippen LogP contribution in [0.1, 0.15) is 43.8 Å². The molecule has 0 fully saturated rings. The first-order valence-corrected chi connectivity index (χ1v) is 8.78. The number of hydrogen-bond acceptors (Lipinski definition) is 5. The lowest BCUT2D eigenvalue weighted by molar-refractivity contribution is 0.330. The van der Waals surface area contributed by atoms with E-state index < -0.39 is 0 Å². The number of tetrazole rings is 1. The molecule has 132 valence electrons. The van der Waals surface area contributed by atoms with Gasteiger partial charge in [0.05, 0.1) is 17.8 Å². The van der Waals surface area contributed by atoms with E-state index in [-0.39, 0.29) is 11.6 Å². The number of nitrogens with one attached hydrogen (secondary N) is 1. The first kappa shape index (κ1) is 16.4. The molecule has 0 spiro atoms. The third-order valence-electron chi connectivity index (χ3n) is 4.43. The van der Waals surface area contributed by atoms with Crippen LogP contribution in [0.25, 0.3) is 0 Å². The molecule has 1 unspecified atom stereocenters. The molecule has 26 heavy (non-hydrogen) atoms. The predicted molar refractivity (Wildman–Crippen MR) is 103 cm³/mol. The van der Waals surface area contributed by atoms with Crippen molar-refractivity contribution >= 4 is 11.4 Å². The van der Waals surface area contributed by atoms with Gasteiger partial charge >= 0.3 is 0 Å². The lowest BCUT2D eigenvalue weighted by Crippen LogP contribution is -2.29. The van der Waals surface area contributed by atoms with Crippen LogP contribution in [0.2, 0.25) is 0 Å². The number of aromatic nitrogens is 4. The van der Waals surface area contributed by atoms with Crippen molar-refractivity contribution in [2.24, 2.45) is 4.99 Å². The van der Waals surface area contributed by atoms with Crippen LogP contribution in [0, 0.1) is 0 Å². The first-order chi connectivity index (χ1) is 12.5. The minimum absolute atomic E-state index is 0.0911. The maximum Gasteiger partial charge on any atom is 0.176 e. The summed E-state index contributed by atoms with van der Waals surface area (Å²) in [7, 11) is 0. The zero-order valence-corrected chi connectivity index (χ0v) is 15.2. The Morgan fingerprint density at radius 2 is 1.73 bits per heavy atom. The zero-order chi connectivity index (χ0) is 18.1. The van der Waals surface area contributed by atoms with Crippen molar-refractivity contribution in [3.8, 4) is 0 Å². The van der Waals surface area contributed by atoms with Gasteiger partial charge in [0.2, 0.25) is 0 Å². The smallest absolute Gasteiger partial charge is 0.176 e. The summed E-state index contributed by atoms with van der Waals surface area (Å²) in [5.74, 6) is 0.797. The minimum Gasteiger partial charge on any atom is -0.373 e. The Labute approximate surface area is 153 Å². The molecule has 1 aromatic heterocycles. The fraction of sp³-hybridized carbons (Fsp3) is 0.300. The molecule has 1 N–H and O–H groups in total. The molecule has 1 atom stereocenters. The van der Waals surface area contributed by atoms with Gasteiger partial charge in [0.25, 0.3) is 0 Å². The molecular weight excluding hydrogens is 324 g/mol. The molecular formula is C20H22N6.